The fraction of sp³-hybridized carbons (Fsp3) is 0.667. The van der Waals surface area contributed by atoms with Gasteiger partial charge in [0.1, 0.15) is 5.78 Å². The Labute approximate surface area is 125 Å². The van der Waals surface area contributed by atoms with E-state index < -0.39 is 6.10 Å². The van der Waals surface area contributed by atoms with Gasteiger partial charge in [0.2, 0.25) is 0 Å². The molecule has 4 aliphatic carbocycles. The Balaban J connectivity index is 1.79. The molecule has 0 aromatic rings. The van der Waals surface area contributed by atoms with Gasteiger partial charge in [0.25, 0.3) is 0 Å². The molecule has 2 saturated carbocycles. The molecule has 0 bridgehead atoms. The second kappa shape index (κ2) is 4.39. The van der Waals surface area contributed by atoms with Gasteiger partial charge < -0.3 is 5.11 Å². The van der Waals surface area contributed by atoms with Gasteiger partial charge in [-0.3, -0.25) is 9.59 Å². The van der Waals surface area contributed by atoms with Crippen LogP contribution < -0.4 is 0 Å². The van der Waals surface area contributed by atoms with Gasteiger partial charge in [-0.2, -0.15) is 0 Å². The Kier molecular flexibility index (Phi) is 2.81. The van der Waals surface area contributed by atoms with E-state index in [9.17, 15) is 14.7 Å². The number of ketones is 2. The largest absolute Gasteiger partial charge is 0.388 e. The van der Waals surface area contributed by atoms with E-state index in [0.717, 1.165) is 49.7 Å². The third-order valence-corrected chi connectivity index (χ3v) is 6.46. The lowest BCUT2D eigenvalue weighted by Gasteiger charge is -2.46. The summed E-state index contributed by atoms with van der Waals surface area (Å²) in [5.41, 5.74) is 3.36. The fourth-order valence-corrected chi connectivity index (χ4v) is 5.38. The molecule has 0 radical (unpaired) electrons. The molecular formula is C18H22O3. The van der Waals surface area contributed by atoms with Gasteiger partial charge >= 0.3 is 0 Å². The van der Waals surface area contributed by atoms with Crippen molar-refractivity contribution < 1.29 is 14.7 Å². The van der Waals surface area contributed by atoms with E-state index in [0.29, 0.717) is 17.6 Å². The zero-order chi connectivity index (χ0) is 14.8. The quantitative estimate of drug-likeness (QED) is 0.745. The Morgan fingerprint density at radius 2 is 2.00 bits per heavy atom. The normalized spacial score (nSPS) is 42.4. The summed E-state index contributed by atoms with van der Waals surface area (Å²) in [5.74, 6) is 1.40. The van der Waals surface area contributed by atoms with Gasteiger partial charge in [0.15, 0.2) is 5.78 Å². The number of carbonyl (C=O) groups is 2. The average Bonchev–Trinajstić information content (AvgIpc) is 2.74. The molecule has 0 saturated heterocycles. The molecule has 0 unspecified atom stereocenters. The number of Topliss-reactive ketones (excluding diaryl/α,β-unsaturated/α-hetero) is 1. The van der Waals surface area contributed by atoms with E-state index >= 15 is 0 Å². The SMILES string of the molecule is C[C@]12CCC3=C4C(=CC(=O)C[C@@H]4O)CC[C@H]3[C@@H]1CCC2=O. The predicted molar refractivity (Wildman–Crippen MR) is 78.5 cm³/mol. The van der Waals surface area contributed by atoms with Crippen LogP contribution in [0, 0.1) is 17.3 Å². The fourth-order valence-electron chi connectivity index (χ4n) is 5.38. The van der Waals surface area contributed by atoms with Crippen molar-refractivity contribution in [2.75, 3.05) is 0 Å². The minimum atomic E-state index is -0.614. The summed E-state index contributed by atoms with van der Waals surface area (Å²) in [5, 5.41) is 10.4. The Bertz CT molecular complexity index is 598. The van der Waals surface area contributed by atoms with Gasteiger partial charge in [0.05, 0.1) is 6.10 Å². The molecular weight excluding hydrogens is 264 g/mol. The standard InChI is InChI=1S/C18H22O3/c1-18-7-6-13-12(14(18)4-5-16(18)21)3-2-10-8-11(19)9-15(20)17(10)13/h8,12,14-15,20H,2-7,9H2,1H3/t12-,14+,15+,18+/m1/s1. The topological polar surface area (TPSA) is 54.4 Å². The second-order valence-corrected chi connectivity index (χ2v) is 7.43. The van der Waals surface area contributed by atoms with E-state index in [-0.39, 0.29) is 17.6 Å². The molecule has 3 heteroatoms. The van der Waals surface area contributed by atoms with Crippen molar-refractivity contribution in [1.82, 2.24) is 0 Å². The summed E-state index contributed by atoms with van der Waals surface area (Å²) >= 11 is 0. The van der Waals surface area contributed by atoms with Crippen LogP contribution in [0.4, 0.5) is 0 Å². The maximum atomic E-state index is 12.3. The maximum Gasteiger partial charge on any atom is 0.158 e. The van der Waals surface area contributed by atoms with Crippen LogP contribution in [0.25, 0.3) is 0 Å². The number of aliphatic hydroxyl groups is 1. The van der Waals surface area contributed by atoms with Crippen LogP contribution in [0.1, 0.15) is 51.9 Å². The Morgan fingerprint density at radius 3 is 2.81 bits per heavy atom. The first kappa shape index (κ1) is 13.4. The molecule has 0 aromatic carbocycles. The van der Waals surface area contributed by atoms with Crippen molar-refractivity contribution in [1.29, 1.82) is 0 Å². The molecule has 4 atom stereocenters. The monoisotopic (exact) mass is 286 g/mol. The summed E-state index contributed by atoms with van der Waals surface area (Å²) in [6.07, 6.45) is 6.85. The van der Waals surface area contributed by atoms with Crippen molar-refractivity contribution in [3.8, 4) is 0 Å². The first-order valence-electron chi connectivity index (χ1n) is 8.19. The number of rotatable bonds is 0. The molecule has 0 amide bonds. The highest BCUT2D eigenvalue weighted by Gasteiger charge is 2.53. The van der Waals surface area contributed by atoms with Crippen LogP contribution in [0.2, 0.25) is 0 Å². The number of hydrogen-bond acceptors (Lipinski definition) is 3. The maximum absolute atomic E-state index is 12.3. The lowest BCUT2D eigenvalue weighted by atomic mass is 9.57. The van der Waals surface area contributed by atoms with E-state index in [1.165, 1.54) is 5.57 Å². The zero-order valence-electron chi connectivity index (χ0n) is 12.5. The third-order valence-electron chi connectivity index (χ3n) is 6.46. The molecule has 0 aliphatic heterocycles. The molecule has 0 aromatic heterocycles. The first-order chi connectivity index (χ1) is 10.0. The minimum Gasteiger partial charge on any atom is -0.388 e. The third kappa shape index (κ3) is 1.76. The lowest BCUT2D eigenvalue weighted by Crippen LogP contribution is -2.41. The zero-order valence-corrected chi connectivity index (χ0v) is 12.5. The van der Waals surface area contributed by atoms with Gasteiger partial charge in [-0.1, -0.05) is 12.5 Å². The number of carbonyl (C=O) groups excluding carboxylic acids is 2. The number of hydrogen-bond donors (Lipinski definition) is 1. The van der Waals surface area contributed by atoms with Crippen LogP contribution in [0.3, 0.4) is 0 Å². The smallest absolute Gasteiger partial charge is 0.158 e. The van der Waals surface area contributed by atoms with Gasteiger partial charge in [0, 0.05) is 18.3 Å². The first-order valence-corrected chi connectivity index (χ1v) is 8.19. The van der Waals surface area contributed by atoms with E-state index in [4.69, 9.17) is 0 Å². The van der Waals surface area contributed by atoms with Crippen molar-refractivity contribution in [2.45, 2.75) is 58.0 Å². The van der Waals surface area contributed by atoms with Crippen LogP contribution in [-0.2, 0) is 9.59 Å². The molecule has 21 heavy (non-hydrogen) atoms. The molecule has 2 fully saturated rings. The van der Waals surface area contributed by atoms with Gasteiger partial charge in [-0.05, 0) is 61.2 Å². The van der Waals surface area contributed by atoms with E-state index in [1.807, 2.05) is 0 Å². The highest BCUT2D eigenvalue weighted by Crippen LogP contribution is 2.58. The van der Waals surface area contributed by atoms with Gasteiger partial charge in [-0.15, -0.1) is 0 Å². The molecule has 112 valence electrons. The van der Waals surface area contributed by atoms with Crippen molar-refractivity contribution >= 4 is 11.6 Å². The van der Waals surface area contributed by atoms with Crippen molar-refractivity contribution in [3.05, 3.63) is 22.8 Å². The second-order valence-electron chi connectivity index (χ2n) is 7.43. The highest BCUT2D eigenvalue weighted by molar-refractivity contribution is 5.94. The summed E-state index contributed by atoms with van der Waals surface area (Å²) in [6.45, 7) is 2.15. The molecule has 0 spiro atoms. The van der Waals surface area contributed by atoms with Crippen LogP contribution >= 0.6 is 0 Å². The molecule has 3 nitrogen and oxygen atoms in total. The summed E-state index contributed by atoms with van der Waals surface area (Å²) in [7, 11) is 0. The molecule has 4 aliphatic rings. The summed E-state index contributed by atoms with van der Waals surface area (Å²) < 4.78 is 0. The molecule has 0 heterocycles. The summed E-state index contributed by atoms with van der Waals surface area (Å²) in [6, 6.07) is 0. The van der Waals surface area contributed by atoms with Crippen molar-refractivity contribution in [2.24, 2.45) is 17.3 Å². The average molecular weight is 286 g/mol. The minimum absolute atomic E-state index is 0.0528. The Morgan fingerprint density at radius 1 is 1.19 bits per heavy atom. The van der Waals surface area contributed by atoms with E-state index in [2.05, 4.69) is 6.92 Å². The highest BCUT2D eigenvalue weighted by atomic mass is 16.3. The van der Waals surface area contributed by atoms with Crippen LogP contribution in [0.5, 0.6) is 0 Å². The van der Waals surface area contributed by atoms with Gasteiger partial charge in [-0.25, -0.2) is 0 Å². The molecule has 4 rings (SSSR count). The number of fused-ring (bicyclic) bond motifs is 4. The van der Waals surface area contributed by atoms with Crippen molar-refractivity contribution in [3.63, 3.8) is 0 Å². The lowest BCUT2D eigenvalue weighted by molar-refractivity contribution is -0.128. The molecule has 1 N–H and O–H groups in total. The van der Waals surface area contributed by atoms with E-state index in [1.54, 1.807) is 6.08 Å². The van der Waals surface area contributed by atoms with Crippen LogP contribution in [-0.4, -0.2) is 22.8 Å². The summed E-state index contributed by atoms with van der Waals surface area (Å²) in [4.78, 5) is 23.9. The number of allylic oxidation sites excluding steroid dienone is 2. The number of aliphatic hydroxyl groups excluding tert-OH is 1. The predicted octanol–water partition coefficient (Wildman–Crippen LogP) is 2.73. The van der Waals surface area contributed by atoms with Crippen LogP contribution in [0.15, 0.2) is 22.8 Å². The Hall–Kier alpha value is -1.22.